The van der Waals surface area contributed by atoms with Gasteiger partial charge >= 0.3 is 12.0 Å². The van der Waals surface area contributed by atoms with E-state index in [1.807, 2.05) is 18.2 Å². The van der Waals surface area contributed by atoms with Gasteiger partial charge in [0.25, 0.3) is 0 Å². The second kappa shape index (κ2) is 8.52. The summed E-state index contributed by atoms with van der Waals surface area (Å²) < 4.78 is 4.71. The van der Waals surface area contributed by atoms with Gasteiger partial charge in [-0.25, -0.2) is 9.59 Å². The first-order valence-corrected chi connectivity index (χ1v) is 8.72. The molecule has 0 bridgehead atoms. The molecule has 0 aliphatic rings. The maximum atomic E-state index is 12.5. The van der Waals surface area contributed by atoms with Crippen LogP contribution in [0.3, 0.4) is 0 Å². The van der Waals surface area contributed by atoms with Crippen molar-refractivity contribution in [1.29, 1.82) is 0 Å². The molecule has 138 valence electrons. The van der Waals surface area contributed by atoms with Gasteiger partial charge in [-0.3, -0.25) is 0 Å². The third-order valence-corrected chi connectivity index (χ3v) is 4.15. The van der Waals surface area contributed by atoms with Crippen molar-refractivity contribution in [3.05, 3.63) is 59.2 Å². The van der Waals surface area contributed by atoms with Gasteiger partial charge in [0.05, 0.1) is 12.7 Å². The number of hydrogen-bond donors (Lipinski definition) is 2. The van der Waals surface area contributed by atoms with Crippen molar-refractivity contribution in [2.24, 2.45) is 0 Å². The summed E-state index contributed by atoms with van der Waals surface area (Å²) >= 11 is 0. The highest BCUT2D eigenvalue weighted by Gasteiger charge is 2.16. The number of carbonyl (C=O) groups is 2. The van der Waals surface area contributed by atoms with E-state index in [1.165, 1.54) is 7.11 Å². The van der Waals surface area contributed by atoms with E-state index < -0.39 is 5.97 Å². The van der Waals surface area contributed by atoms with Crippen LogP contribution in [0, 0.1) is 0 Å². The summed E-state index contributed by atoms with van der Waals surface area (Å²) in [5.74, 6) is 0.125. The Morgan fingerprint density at radius 2 is 1.46 bits per heavy atom. The average molecular weight is 354 g/mol. The minimum Gasteiger partial charge on any atom is -0.465 e. The summed E-state index contributed by atoms with van der Waals surface area (Å²) in [7, 11) is 1.32. The Labute approximate surface area is 154 Å². The molecule has 0 unspecified atom stereocenters. The van der Waals surface area contributed by atoms with E-state index >= 15 is 0 Å². The Bertz CT molecular complexity index is 771. The summed E-state index contributed by atoms with van der Waals surface area (Å²) in [4.78, 5) is 24.2. The highest BCUT2D eigenvalue weighted by atomic mass is 16.5. The Kier molecular flexibility index (Phi) is 6.39. The molecule has 26 heavy (non-hydrogen) atoms. The van der Waals surface area contributed by atoms with Crippen molar-refractivity contribution in [3.8, 4) is 0 Å². The molecule has 0 aliphatic carbocycles. The van der Waals surface area contributed by atoms with Gasteiger partial charge in [-0.2, -0.15) is 0 Å². The van der Waals surface area contributed by atoms with E-state index in [0.29, 0.717) is 11.3 Å². The quantitative estimate of drug-likeness (QED) is 0.710. The first-order valence-electron chi connectivity index (χ1n) is 8.72. The van der Waals surface area contributed by atoms with Crippen LogP contribution in [0.25, 0.3) is 0 Å². The molecule has 0 spiro atoms. The molecule has 5 heteroatoms. The average Bonchev–Trinajstić information content (AvgIpc) is 2.60. The molecule has 5 nitrogen and oxygen atoms in total. The summed E-state index contributed by atoms with van der Waals surface area (Å²) in [5, 5.41) is 5.77. The van der Waals surface area contributed by atoms with Crippen LogP contribution < -0.4 is 10.6 Å². The van der Waals surface area contributed by atoms with E-state index in [-0.39, 0.29) is 17.9 Å². The molecule has 2 amide bonds. The van der Waals surface area contributed by atoms with Crippen LogP contribution >= 0.6 is 0 Å². The first-order chi connectivity index (χ1) is 12.3. The molecule has 0 radical (unpaired) electrons. The minimum absolute atomic E-state index is 0.284. The van der Waals surface area contributed by atoms with Crippen LogP contribution in [-0.2, 0) is 4.74 Å². The molecular formula is C21H26N2O3. The van der Waals surface area contributed by atoms with Crippen molar-refractivity contribution >= 4 is 23.4 Å². The number of rotatable bonds is 5. The van der Waals surface area contributed by atoms with Crippen molar-refractivity contribution in [3.63, 3.8) is 0 Å². The third kappa shape index (κ3) is 4.63. The zero-order chi connectivity index (χ0) is 19.3. The first kappa shape index (κ1) is 19.5. The Balaban J connectivity index is 2.24. The highest BCUT2D eigenvalue weighted by Crippen LogP contribution is 2.32. The van der Waals surface area contributed by atoms with E-state index in [1.54, 1.807) is 24.3 Å². The molecule has 0 saturated heterocycles. The maximum absolute atomic E-state index is 12.5. The molecule has 2 rings (SSSR count). The maximum Gasteiger partial charge on any atom is 0.337 e. The number of amides is 2. The van der Waals surface area contributed by atoms with Gasteiger partial charge in [0.1, 0.15) is 0 Å². The number of ether oxygens (including phenoxy) is 1. The summed E-state index contributed by atoms with van der Waals surface area (Å²) in [6.45, 7) is 8.40. The third-order valence-electron chi connectivity index (χ3n) is 4.15. The Morgan fingerprint density at radius 3 is 2.00 bits per heavy atom. The van der Waals surface area contributed by atoms with Crippen molar-refractivity contribution in [2.45, 2.75) is 39.5 Å². The zero-order valence-corrected chi connectivity index (χ0v) is 15.9. The lowest BCUT2D eigenvalue weighted by atomic mass is 9.93. The number of carbonyl (C=O) groups excluding carboxylic acids is 2. The molecule has 0 aromatic heterocycles. The lowest BCUT2D eigenvalue weighted by Crippen LogP contribution is -2.22. The van der Waals surface area contributed by atoms with Gasteiger partial charge < -0.3 is 15.4 Å². The number of para-hydroxylation sites is 1. The van der Waals surface area contributed by atoms with Gasteiger partial charge in [-0.15, -0.1) is 0 Å². The Morgan fingerprint density at radius 1 is 0.885 bits per heavy atom. The molecule has 2 aromatic rings. The summed E-state index contributed by atoms with van der Waals surface area (Å²) in [6, 6.07) is 12.4. The van der Waals surface area contributed by atoms with Gasteiger partial charge in [0.15, 0.2) is 0 Å². The molecule has 2 aromatic carbocycles. The zero-order valence-electron chi connectivity index (χ0n) is 15.9. The number of nitrogens with one attached hydrogen (secondary N) is 2. The van der Waals surface area contributed by atoms with Crippen LogP contribution in [0.5, 0.6) is 0 Å². The molecule has 0 saturated carbocycles. The van der Waals surface area contributed by atoms with Crippen molar-refractivity contribution < 1.29 is 14.3 Å². The molecule has 0 fully saturated rings. The van der Waals surface area contributed by atoms with Gasteiger partial charge in [0.2, 0.25) is 0 Å². The fourth-order valence-electron chi connectivity index (χ4n) is 2.81. The van der Waals surface area contributed by atoms with Crippen molar-refractivity contribution in [2.75, 3.05) is 17.7 Å². The topological polar surface area (TPSA) is 67.4 Å². The van der Waals surface area contributed by atoms with Crippen LogP contribution in [0.2, 0.25) is 0 Å². The number of urea groups is 1. The van der Waals surface area contributed by atoms with Crippen LogP contribution in [0.4, 0.5) is 16.2 Å². The van der Waals surface area contributed by atoms with E-state index in [0.717, 1.165) is 16.8 Å². The lowest BCUT2D eigenvalue weighted by Gasteiger charge is -2.20. The minimum atomic E-state index is -0.443. The second-order valence-corrected chi connectivity index (χ2v) is 6.77. The lowest BCUT2D eigenvalue weighted by molar-refractivity contribution is 0.0600. The number of methoxy groups -OCH3 is 1. The number of hydrogen-bond acceptors (Lipinski definition) is 3. The highest BCUT2D eigenvalue weighted by molar-refractivity contribution is 6.01. The predicted octanol–water partition coefficient (Wildman–Crippen LogP) is 5.36. The smallest absolute Gasteiger partial charge is 0.337 e. The second-order valence-electron chi connectivity index (χ2n) is 6.77. The molecule has 0 atom stereocenters. The monoisotopic (exact) mass is 354 g/mol. The molecule has 0 aliphatic heterocycles. The predicted molar refractivity (Wildman–Crippen MR) is 105 cm³/mol. The normalized spacial score (nSPS) is 10.7. The van der Waals surface area contributed by atoms with Crippen LogP contribution in [-0.4, -0.2) is 19.1 Å². The van der Waals surface area contributed by atoms with E-state index in [2.05, 4.69) is 38.3 Å². The largest absolute Gasteiger partial charge is 0.465 e. The number of anilines is 2. The SMILES string of the molecule is COC(=O)c1cccc(NC(=O)Nc2c(C(C)C)cccc2C(C)C)c1. The molecule has 0 heterocycles. The Hall–Kier alpha value is -2.82. The molecule has 2 N–H and O–H groups in total. The van der Waals surface area contributed by atoms with Gasteiger partial charge in [0, 0.05) is 11.4 Å². The van der Waals surface area contributed by atoms with Crippen LogP contribution in [0.1, 0.15) is 61.0 Å². The van der Waals surface area contributed by atoms with Gasteiger partial charge in [-0.1, -0.05) is 52.0 Å². The summed E-state index contributed by atoms with van der Waals surface area (Å²) in [5.41, 5.74) is 3.94. The van der Waals surface area contributed by atoms with Gasteiger partial charge in [-0.05, 0) is 41.2 Å². The number of benzene rings is 2. The molecular weight excluding hydrogens is 328 g/mol. The number of esters is 1. The van der Waals surface area contributed by atoms with E-state index in [9.17, 15) is 9.59 Å². The summed E-state index contributed by atoms with van der Waals surface area (Å²) in [6.07, 6.45) is 0. The fraction of sp³-hybridized carbons (Fsp3) is 0.333. The van der Waals surface area contributed by atoms with Crippen LogP contribution in [0.15, 0.2) is 42.5 Å². The fourth-order valence-corrected chi connectivity index (χ4v) is 2.81. The standard InChI is InChI=1S/C21H26N2O3/c1-13(2)17-10-7-11-18(14(3)4)19(17)23-21(25)22-16-9-6-8-15(12-16)20(24)26-5/h6-14H,1-5H3,(H2,22,23,25). The van der Waals surface area contributed by atoms with E-state index in [4.69, 9.17) is 4.74 Å². The van der Waals surface area contributed by atoms with Crippen molar-refractivity contribution in [1.82, 2.24) is 0 Å².